The topological polar surface area (TPSA) is 46.8 Å². The van der Waals surface area contributed by atoms with E-state index < -0.39 is 6.10 Å². The Morgan fingerprint density at radius 2 is 1.12 bits per heavy atom. The van der Waals surface area contributed by atoms with Gasteiger partial charge in [-0.1, -0.05) is 90.1 Å². The number of fused-ring (bicyclic) bond motifs is 6. The minimum absolute atomic E-state index is 0.120. The first-order chi connectivity index (χ1) is 15.8. The van der Waals surface area contributed by atoms with Crippen LogP contribution in [0.25, 0.3) is 32.9 Å². The van der Waals surface area contributed by atoms with Crippen molar-refractivity contribution in [2.45, 2.75) is 12.6 Å². The lowest BCUT2D eigenvalue weighted by atomic mass is 10.1. The molecule has 0 aliphatic heterocycles. The van der Waals surface area contributed by atoms with Crippen LogP contribution in [0.5, 0.6) is 0 Å². The molecule has 1 aliphatic carbocycles. The highest BCUT2D eigenvalue weighted by Crippen LogP contribution is 2.36. The Morgan fingerprint density at radius 3 is 1.69 bits per heavy atom. The van der Waals surface area contributed by atoms with Gasteiger partial charge in [0.2, 0.25) is 0 Å². The van der Waals surface area contributed by atoms with Gasteiger partial charge in [-0.15, -0.1) is 0 Å². The number of hydrogen-bond donors (Lipinski definition) is 1. The maximum Gasteiger partial charge on any atom is 0.144 e. The molecule has 1 aliphatic rings. The number of nitrogens with zero attached hydrogens (tertiary/aromatic N) is 2. The van der Waals surface area contributed by atoms with Crippen LogP contribution in [0.3, 0.4) is 0 Å². The Kier molecular flexibility index (Phi) is 4.51. The van der Waals surface area contributed by atoms with Gasteiger partial charge in [0.25, 0.3) is 0 Å². The molecule has 5 aromatic rings. The zero-order chi connectivity index (χ0) is 21.5. The zero-order valence-corrected chi connectivity index (χ0v) is 17.5. The van der Waals surface area contributed by atoms with Gasteiger partial charge in [0, 0.05) is 32.9 Å². The van der Waals surface area contributed by atoms with Crippen LogP contribution < -0.4 is 0 Å². The molecule has 32 heavy (non-hydrogen) atoms. The fourth-order valence-corrected chi connectivity index (χ4v) is 4.74. The molecule has 4 aromatic carbocycles. The average molecular weight is 418 g/mol. The molecule has 0 bridgehead atoms. The molecule has 0 spiro atoms. The van der Waals surface area contributed by atoms with Crippen molar-refractivity contribution in [3.63, 3.8) is 0 Å². The van der Waals surface area contributed by atoms with Crippen LogP contribution in [-0.4, -0.2) is 28.1 Å². The second-order valence-electron chi connectivity index (χ2n) is 8.13. The normalized spacial score (nSPS) is 13.2. The van der Waals surface area contributed by atoms with Crippen LogP contribution in [0.1, 0.15) is 11.1 Å². The molecule has 0 saturated heterocycles. The van der Waals surface area contributed by atoms with E-state index in [4.69, 9.17) is 4.84 Å². The van der Waals surface area contributed by atoms with Gasteiger partial charge in [-0.25, -0.2) is 0 Å². The van der Waals surface area contributed by atoms with Crippen LogP contribution in [-0.2, 0) is 11.4 Å². The summed E-state index contributed by atoms with van der Waals surface area (Å²) < 4.78 is 2.16. The molecule has 0 amide bonds. The third-order valence-corrected chi connectivity index (χ3v) is 6.15. The van der Waals surface area contributed by atoms with Gasteiger partial charge in [-0.2, -0.15) is 0 Å². The predicted molar refractivity (Wildman–Crippen MR) is 129 cm³/mol. The van der Waals surface area contributed by atoms with E-state index in [1.807, 2.05) is 48.5 Å². The number of para-hydroxylation sites is 2. The summed E-state index contributed by atoms with van der Waals surface area (Å²) in [5, 5.41) is 17.6. The SMILES string of the molecule is OC(CON=C1c2ccccc2-c2ccccc21)Cn1c2ccccc2c2ccccc21. The van der Waals surface area contributed by atoms with Gasteiger partial charge in [0.1, 0.15) is 18.4 Å². The Bertz CT molecular complexity index is 1380. The Morgan fingerprint density at radius 1 is 0.656 bits per heavy atom. The van der Waals surface area contributed by atoms with Crippen LogP contribution in [0.2, 0.25) is 0 Å². The van der Waals surface area contributed by atoms with E-state index >= 15 is 0 Å². The minimum Gasteiger partial charge on any atom is -0.392 e. The van der Waals surface area contributed by atoms with Crippen LogP contribution >= 0.6 is 0 Å². The Balaban J connectivity index is 1.26. The summed E-state index contributed by atoms with van der Waals surface area (Å²) in [6.07, 6.45) is -0.689. The third-order valence-electron chi connectivity index (χ3n) is 6.15. The lowest BCUT2D eigenvalue weighted by Gasteiger charge is -2.13. The number of aromatic nitrogens is 1. The van der Waals surface area contributed by atoms with E-state index in [2.05, 4.69) is 58.3 Å². The van der Waals surface area contributed by atoms with Crippen molar-refractivity contribution < 1.29 is 9.94 Å². The molecule has 6 rings (SSSR count). The first kappa shape index (κ1) is 18.8. The number of aliphatic hydroxyl groups excluding tert-OH is 1. The molecular weight excluding hydrogens is 396 g/mol. The van der Waals surface area contributed by atoms with Crippen molar-refractivity contribution in [2.75, 3.05) is 6.61 Å². The molecule has 0 saturated carbocycles. The molecule has 1 N–H and O–H groups in total. The number of aliphatic hydroxyl groups is 1. The summed E-state index contributed by atoms with van der Waals surface area (Å²) in [7, 11) is 0. The summed E-state index contributed by atoms with van der Waals surface area (Å²) in [6.45, 7) is 0.556. The quantitative estimate of drug-likeness (QED) is 0.370. The van der Waals surface area contributed by atoms with E-state index in [0.717, 1.165) is 39.0 Å². The molecule has 156 valence electrons. The van der Waals surface area contributed by atoms with Crippen molar-refractivity contribution in [2.24, 2.45) is 5.16 Å². The average Bonchev–Trinajstić information content (AvgIpc) is 3.33. The first-order valence-electron chi connectivity index (χ1n) is 10.8. The maximum absolute atomic E-state index is 10.8. The highest BCUT2D eigenvalue weighted by molar-refractivity contribution is 6.24. The lowest BCUT2D eigenvalue weighted by molar-refractivity contribution is 0.0324. The van der Waals surface area contributed by atoms with Gasteiger partial charge in [0.05, 0.1) is 6.54 Å². The molecule has 4 heteroatoms. The molecule has 1 unspecified atom stereocenters. The summed E-state index contributed by atoms with van der Waals surface area (Å²) in [4.78, 5) is 5.69. The smallest absolute Gasteiger partial charge is 0.144 e. The van der Waals surface area contributed by atoms with E-state index in [1.165, 1.54) is 10.8 Å². The lowest BCUT2D eigenvalue weighted by Crippen LogP contribution is -2.21. The van der Waals surface area contributed by atoms with Crippen LogP contribution in [0.4, 0.5) is 0 Å². The van der Waals surface area contributed by atoms with E-state index in [0.29, 0.717) is 6.54 Å². The number of hydrogen-bond acceptors (Lipinski definition) is 3. The molecule has 0 radical (unpaired) electrons. The van der Waals surface area contributed by atoms with Crippen molar-refractivity contribution in [1.29, 1.82) is 0 Å². The number of oxime groups is 1. The third kappa shape index (κ3) is 3.00. The summed E-state index contributed by atoms with van der Waals surface area (Å²) in [6, 6.07) is 33.0. The van der Waals surface area contributed by atoms with Crippen LogP contribution in [0, 0.1) is 0 Å². The molecule has 1 atom stereocenters. The molecule has 4 nitrogen and oxygen atoms in total. The Labute approximate surface area is 186 Å². The van der Waals surface area contributed by atoms with Crippen molar-refractivity contribution in [3.8, 4) is 11.1 Å². The van der Waals surface area contributed by atoms with Gasteiger partial charge < -0.3 is 14.5 Å². The first-order valence-corrected chi connectivity index (χ1v) is 10.8. The van der Waals surface area contributed by atoms with E-state index in [1.54, 1.807) is 0 Å². The predicted octanol–water partition coefficient (Wildman–Crippen LogP) is 5.61. The summed E-state index contributed by atoms with van der Waals surface area (Å²) >= 11 is 0. The fourth-order valence-electron chi connectivity index (χ4n) is 4.74. The Hall–Kier alpha value is -3.89. The second-order valence-corrected chi connectivity index (χ2v) is 8.13. The zero-order valence-electron chi connectivity index (χ0n) is 17.5. The highest BCUT2D eigenvalue weighted by Gasteiger charge is 2.24. The van der Waals surface area contributed by atoms with Gasteiger partial charge in [0.15, 0.2) is 0 Å². The molecular formula is C28H22N2O2. The molecule has 1 aromatic heterocycles. The summed E-state index contributed by atoms with van der Waals surface area (Å²) in [5.74, 6) is 0. The van der Waals surface area contributed by atoms with E-state index in [9.17, 15) is 5.11 Å². The molecule has 0 fully saturated rings. The van der Waals surface area contributed by atoms with Crippen molar-refractivity contribution in [1.82, 2.24) is 4.57 Å². The highest BCUT2D eigenvalue weighted by atomic mass is 16.6. The van der Waals surface area contributed by atoms with Crippen molar-refractivity contribution in [3.05, 3.63) is 108 Å². The van der Waals surface area contributed by atoms with E-state index in [-0.39, 0.29) is 6.61 Å². The fraction of sp³-hybridized carbons (Fsp3) is 0.107. The standard InChI is InChI=1S/C28H22N2O2/c31-19(17-30-26-15-7-5-11-22(26)23-12-6-8-16-27(23)30)18-32-29-28-24-13-3-1-9-20(24)21-10-2-4-14-25(21)28/h1-16,19,31H,17-18H2. The van der Waals surface area contributed by atoms with Crippen molar-refractivity contribution >= 4 is 27.5 Å². The van der Waals surface area contributed by atoms with Gasteiger partial charge in [-0.3, -0.25) is 0 Å². The molecule has 1 heterocycles. The van der Waals surface area contributed by atoms with Crippen LogP contribution in [0.15, 0.2) is 102 Å². The summed E-state index contributed by atoms with van der Waals surface area (Å²) in [5.41, 5.74) is 7.49. The number of benzene rings is 4. The maximum atomic E-state index is 10.8. The van der Waals surface area contributed by atoms with Gasteiger partial charge in [-0.05, 0) is 23.3 Å². The largest absolute Gasteiger partial charge is 0.392 e. The second kappa shape index (κ2) is 7.66. The van der Waals surface area contributed by atoms with Gasteiger partial charge >= 0.3 is 0 Å². The minimum atomic E-state index is -0.689. The monoisotopic (exact) mass is 418 g/mol. The number of rotatable bonds is 5.